The lowest BCUT2D eigenvalue weighted by Gasteiger charge is -2.05. The Morgan fingerprint density at radius 1 is 1.24 bits per heavy atom. The number of benzene rings is 2. The number of nitro groups is 1. The Labute approximate surface area is 145 Å². The van der Waals surface area contributed by atoms with Crippen LogP contribution in [0, 0.1) is 10.1 Å². The van der Waals surface area contributed by atoms with E-state index in [2.05, 4.69) is 5.32 Å². The zero-order valence-corrected chi connectivity index (χ0v) is 13.7. The van der Waals surface area contributed by atoms with E-state index >= 15 is 0 Å². The molecular weight excluding hydrogens is 324 g/mol. The summed E-state index contributed by atoms with van der Waals surface area (Å²) in [6.45, 7) is 0.439. The van der Waals surface area contributed by atoms with E-state index in [1.165, 1.54) is 19.2 Å². The van der Waals surface area contributed by atoms with Crippen molar-refractivity contribution in [3.8, 4) is 5.75 Å². The first-order valence-electron chi connectivity index (χ1n) is 7.53. The molecule has 0 radical (unpaired) electrons. The van der Waals surface area contributed by atoms with E-state index in [9.17, 15) is 14.9 Å². The SMILES string of the molecule is COc1ccc(C=CCNC(=O)OCc2ccccc2)cc1[N+](=O)[O-]. The van der Waals surface area contributed by atoms with Crippen LogP contribution in [0.1, 0.15) is 11.1 Å². The summed E-state index contributed by atoms with van der Waals surface area (Å²) in [5.74, 6) is 0.199. The summed E-state index contributed by atoms with van der Waals surface area (Å²) < 4.78 is 10.0. The van der Waals surface area contributed by atoms with Crippen molar-refractivity contribution >= 4 is 17.9 Å². The van der Waals surface area contributed by atoms with Gasteiger partial charge in [0.25, 0.3) is 0 Å². The lowest BCUT2D eigenvalue weighted by molar-refractivity contribution is -0.385. The molecule has 25 heavy (non-hydrogen) atoms. The van der Waals surface area contributed by atoms with Crippen molar-refractivity contribution in [2.75, 3.05) is 13.7 Å². The molecule has 7 heteroatoms. The van der Waals surface area contributed by atoms with E-state index in [0.717, 1.165) is 5.56 Å². The van der Waals surface area contributed by atoms with Gasteiger partial charge in [-0.1, -0.05) is 48.6 Å². The van der Waals surface area contributed by atoms with Gasteiger partial charge in [0.2, 0.25) is 0 Å². The van der Waals surface area contributed by atoms with E-state index in [4.69, 9.17) is 9.47 Å². The molecule has 2 aromatic rings. The Bertz CT molecular complexity index is 759. The lowest BCUT2D eigenvalue weighted by atomic mass is 10.1. The summed E-state index contributed by atoms with van der Waals surface area (Å²) in [5, 5.41) is 13.5. The molecule has 0 atom stereocenters. The minimum atomic E-state index is -0.533. The third-order valence-corrected chi connectivity index (χ3v) is 3.29. The van der Waals surface area contributed by atoms with E-state index in [1.807, 2.05) is 30.3 Å². The Kier molecular flexibility index (Phi) is 6.53. The van der Waals surface area contributed by atoms with Crippen LogP contribution in [-0.2, 0) is 11.3 Å². The van der Waals surface area contributed by atoms with Crippen LogP contribution in [0.3, 0.4) is 0 Å². The first kappa shape index (κ1) is 18.0. The molecule has 0 aliphatic rings. The van der Waals surface area contributed by atoms with Gasteiger partial charge in [0.1, 0.15) is 6.61 Å². The summed E-state index contributed by atoms with van der Waals surface area (Å²) in [6.07, 6.45) is 2.81. The molecule has 2 aromatic carbocycles. The number of nitro benzene ring substituents is 1. The molecule has 2 rings (SSSR count). The fraction of sp³-hybridized carbons (Fsp3) is 0.167. The first-order chi connectivity index (χ1) is 12.1. The van der Waals surface area contributed by atoms with Crippen LogP contribution >= 0.6 is 0 Å². The fourth-order valence-corrected chi connectivity index (χ4v) is 2.06. The van der Waals surface area contributed by atoms with Crippen LogP contribution < -0.4 is 10.1 Å². The second kappa shape index (κ2) is 9.07. The summed E-state index contributed by atoms with van der Waals surface area (Å²) in [5.41, 5.74) is 1.42. The van der Waals surface area contributed by atoms with Gasteiger partial charge < -0.3 is 14.8 Å². The van der Waals surface area contributed by atoms with E-state index < -0.39 is 11.0 Å². The predicted octanol–water partition coefficient (Wildman–Crippen LogP) is 3.54. The summed E-state index contributed by atoms with van der Waals surface area (Å²) in [4.78, 5) is 22.0. The molecule has 0 spiro atoms. The van der Waals surface area contributed by atoms with Crippen LogP contribution in [0.4, 0.5) is 10.5 Å². The largest absolute Gasteiger partial charge is 0.490 e. The molecular formula is C18H18N2O5. The molecule has 7 nitrogen and oxygen atoms in total. The Hall–Kier alpha value is -3.35. The van der Waals surface area contributed by atoms with Crippen LogP contribution in [0.5, 0.6) is 5.75 Å². The average molecular weight is 342 g/mol. The van der Waals surface area contributed by atoms with Crippen molar-refractivity contribution in [1.29, 1.82) is 0 Å². The summed E-state index contributed by atoms with van der Waals surface area (Å²) >= 11 is 0. The van der Waals surface area contributed by atoms with Crippen LogP contribution in [-0.4, -0.2) is 24.7 Å². The highest BCUT2D eigenvalue weighted by Gasteiger charge is 2.14. The molecule has 0 heterocycles. The molecule has 1 N–H and O–H groups in total. The second-order valence-electron chi connectivity index (χ2n) is 5.03. The second-order valence-corrected chi connectivity index (χ2v) is 5.03. The van der Waals surface area contributed by atoms with Gasteiger partial charge in [-0.15, -0.1) is 0 Å². The minimum absolute atomic E-state index is 0.111. The number of hydrogen-bond donors (Lipinski definition) is 1. The number of carbonyl (C=O) groups excluding carboxylic acids is 1. The van der Waals surface area contributed by atoms with Crippen LogP contribution in [0.15, 0.2) is 54.6 Å². The predicted molar refractivity (Wildman–Crippen MR) is 93.3 cm³/mol. The van der Waals surface area contributed by atoms with Gasteiger partial charge in [-0.2, -0.15) is 0 Å². The van der Waals surface area contributed by atoms with E-state index in [-0.39, 0.29) is 24.6 Å². The Morgan fingerprint density at radius 2 is 2.00 bits per heavy atom. The minimum Gasteiger partial charge on any atom is -0.490 e. The quantitative estimate of drug-likeness (QED) is 0.614. The van der Waals surface area contributed by atoms with Crippen molar-refractivity contribution in [3.63, 3.8) is 0 Å². The van der Waals surface area contributed by atoms with Gasteiger partial charge in [0.15, 0.2) is 5.75 Å². The molecule has 130 valence electrons. The monoisotopic (exact) mass is 342 g/mol. The maximum absolute atomic E-state index is 11.6. The third-order valence-electron chi connectivity index (χ3n) is 3.29. The molecule has 0 aromatic heterocycles. The van der Waals surface area contributed by atoms with Crippen LogP contribution in [0.2, 0.25) is 0 Å². The van der Waals surface area contributed by atoms with E-state index in [1.54, 1.807) is 18.2 Å². The smallest absolute Gasteiger partial charge is 0.407 e. The third kappa shape index (κ3) is 5.65. The number of ether oxygens (including phenoxy) is 2. The summed E-state index contributed by atoms with van der Waals surface area (Å²) in [6, 6.07) is 14.0. The molecule has 0 unspecified atom stereocenters. The lowest BCUT2D eigenvalue weighted by Crippen LogP contribution is -2.24. The average Bonchev–Trinajstić information content (AvgIpc) is 2.64. The number of methoxy groups -OCH3 is 1. The van der Waals surface area contributed by atoms with Gasteiger partial charge in [-0.3, -0.25) is 10.1 Å². The van der Waals surface area contributed by atoms with Crippen molar-refractivity contribution in [1.82, 2.24) is 5.32 Å². The number of amides is 1. The van der Waals surface area contributed by atoms with Crippen molar-refractivity contribution in [2.45, 2.75) is 6.61 Å². The molecule has 1 amide bonds. The topological polar surface area (TPSA) is 90.7 Å². The number of rotatable bonds is 7. The number of alkyl carbamates (subject to hydrolysis) is 1. The highest BCUT2D eigenvalue weighted by atomic mass is 16.6. The van der Waals surface area contributed by atoms with Crippen molar-refractivity contribution in [2.24, 2.45) is 0 Å². The van der Waals surface area contributed by atoms with Gasteiger partial charge in [-0.05, 0) is 17.2 Å². The van der Waals surface area contributed by atoms with Gasteiger partial charge in [0, 0.05) is 12.6 Å². The Morgan fingerprint density at radius 3 is 2.68 bits per heavy atom. The van der Waals surface area contributed by atoms with Gasteiger partial charge in [0.05, 0.1) is 12.0 Å². The molecule has 0 saturated heterocycles. The Balaban J connectivity index is 1.81. The summed E-state index contributed by atoms with van der Waals surface area (Å²) in [7, 11) is 1.38. The van der Waals surface area contributed by atoms with Gasteiger partial charge >= 0.3 is 11.8 Å². The highest BCUT2D eigenvalue weighted by Crippen LogP contribution is 2.27. The zero-order chi connectivity index (χ0) is 18.1. The molecule has 0 fully saturated rings. The number of hydrogen-bond acceptors (Lipinski definition) is 5. The number of carbonyl (C=O) groups is 1. The fourth-order valence-electron chi connectivity index (χ4n) is 2.06. The molecule has 0 aliphatic carbocycles. The first-order valence-corrected chi connectivity index (χ1v) is 7.53. The molecule has 0 bridgehead atoms. The van der Waals surface area contributed by atoms with Crippen molar-refractivity contribution < 1.29 is 19.2 Å². The normalized spacial score (nSPS) is 10.4. The molecule has 0 saturated carbocycles. The number of nitrogens with zero attached hydrogens (tertiary/aromatic N) is 1. The zero-order valence-electron chi connectivity index (χ0n) is 13.7. The molecule has 0 aliphatic heterocycles. The van der Waals surface area contributed by atoms with Gasteiger partial charge in [-0.25, -0.2) is 4.79 Å². The number of nitrogens with one attached hydrogen (secondary N) is 1. The standard InChI is InChI=1S/C18H18N2O5/c1-24-17-10-9-14(12-16(17)20(22)23)8-5-11-19-18(21)25-13-15-6-3-2-4-7-15/h2-10,12H,11,13H2,1H3,(H,19,21). The maximum Gasteiger partial charge on any atom is 0.407 e. The van der Waals surface area contributed by atoms with Crippen LogP contribution in [0.25, 0.3) is 6.08 Å². The highest BCUT2D eigenvalue weighted by molar-refractivity contribution is 5.67. The van der Waals surface area contributed by atoms with Crippen molar-refractivity contribution in [3.05, 3.63) is 75.8 Å². The maximum atomic E-state index is 11.6. The van der Waals surface area contributed by atoms with E-state index in [0.29, 0.717) is 5.56 Å².